The highest BCUT2D eigenvalue weighted by atomic mass is 16.3. The first-order valence-corrected chi connectivity index (χ1v) is 5.19. The van der Waals surface area contributed by atoms with E-state index in [1.54, 1.807) is 0 Å². The minimum atomic E-state index is 0.382. The predicted molar refractivity (Wildman–Crippen MR) is 49.0 cm³/mol. The molecule has 1 saturated heterocycles. The summed E-state index contributed by atoms with van der Waals surface area (Å²) in [6, 6.07) is 0. The molecule has 2 heteroatoms. The Balaban J connectivity index is 2.05. The minimum absolute atomic E-state index is 0.382. The van der Waals surface area contributed by atoms with Gasteiger partial charge in [0, 0.05) is 25.6 Å². The van der Waals surface area contributed by atoms with E-state index in [1.165, 1.54) is 32.1 Å². The summed E-state index contributed by atoms with van der Waals surface area (Å²) in [5, 5.41) is 12.7. The summed E-state index contributed by atoms with van der Waals surface area (Å²) in [5.74, 6) is 0.540. The summed E-state index contributed by atoms with van der Waals surface area (Å²) >= 11 is 0. The molecule has 2 aliphatic rings. The molecule has 2 rings (SSSR count). The molecular weight excluding hydrogens is 150 g/mol. The summed E-state index contributed by atoms with van der Waals surface area (Å²) < 4.78 is 0. The van der Waals surface area contributed by atoms with Gasteiger partial charge in [-0.1, -0.05) is 19.3 Å². The molecule has 1 heterocycles. The van der Waals surface area contributed by atoms with Gasteiger partial charge in [0.2, 0.25) is 0 Å². The lowest BCUT2D eigenvalue weighted by atomic mass is 9.68. The average molecular weight is 169 g/mol. The van der Waals surface area contributed by atoms with Crippen molar-refractivity contribution in [3.63, 3.8) is 0 Å². The van der Waals surface area contributed by atoms with E-state index >= 15 is 0 Å². The Morgan fingerprint density at radius 1 is 1.25 bits per heavy atom. The lowest BCUT2D eigenvalue weighted by molar-refractivity contribution is 0.0931. The number of nitrogens with one attached hydrogen (secondary N) is 1. The molecule has 0 aromatic rings. The van der Waals surface area contributed by atoms with E-state index in [9.17, 15) is 5.11 Å². The van der Waals surface area contributed by atoms with E-state index in [0.717, 1.165) is 13.1 Å². The minimum Gasteiger partial charge on any atom is -0.396 e. The number of rotatable bonds is 1. The molecule has 2 N–H and O–H groups in total. The van der Waals surface area contributed by atoms with Crippen LogP contribution in [0.15, 0.2) is 0 Å². The Hall–Kier alpha value is -0.0800. The van der Waals surface area contributed by atoms with Crippen LogP contribution in [-0.4, -0.2) is 24.8 Å². The predicted octanol–water partition coefficient (Wildman–Crippen LogP) is 1.15. The number of aliphatic hydroxyl groups excluding tert-OH is 1. The third-order valence-corrected chi connectivity index (χ3v) is 3.80. The van der Waals surface area contributed by atoms with Crippen molar-refractivity contribution in [1.82, 2.24) is 5.32 Å². The van der Waals surface area contributed by atoms with Crippen molar-refractivity contribution < 1.29 is 5.11 Å². The Morgan fingerprint density at radius 3 is 2.67 bits per heavy atom. The van der Waals surface area contributed by atoms with Crippen molar-refractivity contribution in [2.75, 3.05) is 19.7 Å². The highest BCUT2D eigenvalue weighted by Gasteiger charge is 2.42. The van der Waals surface area contributed by atoms with Crippen molar-refractivity contribution >= 4 is 0 Å². The van der Waals surface area contributed by atoms with Crippen molar-refractivity contribution in [2.45, 2.75) is 32.1 Å². The molecule has 0 unspecified atom stereocenters. The second kappa shape index (κ2) is 3.35. The fourth-order valence-electron chi connectivity index (χ4n) is 2.96. The maximum Gasteiger partial charge on any atom is 0.0477 e. The van der Waals surface area contributed by atoms with E-state index in [-0.39, 0.29) is 0 Å². The second-order valence-electron chi connectivity index (χ2n) is 4.43. The molecule has 0 bridgehead atoms. The largest absolute Gasteiger partial charge is 0.396 e. The van der Waals surface area contributed by atoms with Crippen LogP contribution in [0.1, 0.15) is 32.1 Å². The third-order valence-electron chi connectivity index (χ3n) is 3.80. The molecule has 0 amide bonds. The topological polar surface area (TPSA) is 32.3 Å². The standard InChI is InChI=1S/C10H19NO/c12-7-9-6-11-8-10(9)4-2-1-3-5-10/h9,11-12H,1-8H2/t9-/m0/s1. The van der Waals surface area contributed by atoms with Gasteiger partial charge in [-0.2, -0.15) is 0 Å². The fraction of sp³-hybridized carbons (Fsp3) is 1.00. The van der Waals surface area contributed by atoms with E-state index in [2.05, 4.69) is 5.32 Å². The van der Waals surface area contributed by atoms with Crippen LogP contribution in [0.3, 0.4) is 0 Å². The van der Waals surface area contributed by atoms with E-state index in [4.69, 9.17) is 0 Å². The zero-order chi connectivity index (χ0) is 8.44. The first kappa shape index (κ1) is 8.52. The highest BCUT2D eigenvalue weighted by molar-refractivity contribution is 4.96. The molecule has 0 radical (unpaired) electrons. The van der Waals surface area contributed by atoms with Crippen LogP contribution >= 0.6 is 0 Å². The Morgan fingerprint density at radius 2 is 2.00 bits per heavy atom. The molecule has 1 aliphatic heterocycles. The third kappa shape index (κ3) is 1.27. The van der Waals surface area contributed by atoms with Gasteiger partial charge in [-0.05, 0) is 18.3 Å². The summed E-state index contributed by atoms with van der Waals surface area (Å²) in [6.07, 6.45) is 6.83. The molecule has 70 valence electrons. The van der Waals surface area contributed by atoms with Crippen molar-refractivity contribution in [2.24, 2.45) is 11.3 Å². The van der Waals surface area contributed by atoms with Crippen LogP contribution in [0.4, 0.5) is 0 Å². The molecule has 0 aromatic carbocycles. The second-order valence-corrected chi connectivity index (χ2v) is 4.43. The summed E-state index contributed by atoms with van der Waals surface area (Å²) in [5.41, 5.74) is 0.479. The van der Waals surface area contributed by atoms with Crippen LogP contribution < -0.4 is 5.32 Å². The van der Waals surface area contributed by atoms with E-state index < -0.39 is 0 Å². The van der Waals surface area contributed by atoms with Gasteiger partial charge >= 0.3 is 0 Å². The zero-order valence-corrected chi connectivity index (χ0v) is 7.68. The maximum absolute atomic E-state index is 9.24. The van der Waals surface area contributed by atoms with Gasteiger partial charge < -0.3 is 10.4 Å². The fourth-order valence-corrected chi connectivity index (χ4v) is 2.96. The number of hydrogen-bond donors (Lipinski definition) is 2. The maximum atomic E-state index is 9.24. The molecule has 1 aliphatic carbocycles. The van der Waals surface area contributed by atoms with Crippen molar-refractivity contribution in [3.8, 4) is 0 Å². The van der Waals surface area contributed by atoms with Gasteiger partial charge in [-0.3, -0.25) is 0 Å². The zero-order valence-electron chi connectivity index (χ0n) is 7.68. The van der Waals surface area contributed by atoms with Crippen LogP contribution in [0.5, 0.6) is 0 Å². The SMILES string of the molecule is OC[C@@H]1CNCC12CCCCC2. The Bertz CT molecular complexity index is 152. The first-order chi connectivity index (χ1) is 5.87. The Kier molecular flexibility index (Phi) is 2.37. The quantitative estimate of drug-likeness (QED) is 0.617. The molecule has 1 atom stereocenters. The average Bonchev–Trinajstić information content (AvgIpc) is 2.49. The molecular formula is C10H19NO. The lowest BCUT2D eigenvalue weighted by Crippen LogP contribution is -2.34. The molecule has 12 heavy (non-hydrogen) atoms. The molecule has 1 spiro atoms. The number of hydrogen-bond acceptors (Lipinski definition) is 2. The van der Waals surface area contributed by atoms with Gasteiger partial charge in [-0.25, -0.2) is 0 Å². The molecule has 1 saturated carbocycles. The summed E-state index contributed by atoms with van der Waals surface area (Å²) in [6.45, 7) is 2.57. The summed E-state index contributed by atoms with van der Waals surface area (Å²) in [4.78, 5) is 0. The molecule has 2 nitrogen and oxygen atoms in total. The van der Waals surface area contributed by atoms with E-state index in [0.29, 0.717) is 17.9 Å². The molecule has 0 aromatic heterocycles. The van der Waals surface area contributed by atoms with Crippen molar-refractivity contribution in [1.29, 1.82) is 0 Å². The number of aliphatic hydroxyl groups is 1. The monoisotopic (exact) mass is 169 g/mol. The van der Waals surface area contributed by atoms with Gasteiger partial charge in [-0.15, -0.1) is 0 Å². The first-order valence-electron chi connectivity index (χ1n) is 5.19. The van der Waals surface area contributed by atoms with Crippen LogP contribution in [0, 0.1) is 11.3 Å². The van der Waals surface area contributed by atoms with Crippen LogP contribution in [0.25, 0.3) is 0 Å². The van der Waals surface area contributed by atoms with E-state index in [1.807, 2.05) is 0 Å². The van der Waals surface area contributed by atoms with Gasteiger partial charge in [0.15, 0.2) is 0 Å². The van der Waals surface area contributed by atoms with Crippen LogP contribution in [0.2, 0.25) is 0 Å². The van der Waals surface area contributed by atoms with Gasteiger partial charge in [0.1, 0.15) is 0 Å². The highest BCUT2D eigenvalue weighted by Crippen LogP contribution is 2.44. The normalized spacial score (nSPS) is 34.2. The molecule has 2 fully saturated rings. The van der Waals surface area contributed by atoms with Crippen molar-refractivity contribution in [3.05, 3.63) is 0 Å². The lowest BCUT2D eigenvalue weighted by Gasteiger charge is -2.37. The van der Waals surface area contributed by atoms with Gasteiger partial charge in [0.25, 0.3) is 0 Å². The summed E-state index contributed by atoms with van der Waals surface area (Å²) in [7, 11) is 0. The smallest absolute Gasteiger partial charge is 0.0477 e. The van der Waals surface area contributed by atoms with Crippen LogP contribution in [-0.2, 0) is 0 Å². The van der Waals surface area contributed by atoms with Gasteiger partial charge in [0.05, 0.1) is 0 Å². The Labute approximate surface area is 74.4 Å².